The lowest BCUT2D eigenvalue weighted by atomic mass is 10.1. The average molecular weight is 353 g/mol. The van der Waals surface area contributed by atoms with E-state index in [-0.39, 0.29) is 19.3 Å². The van der Waals surface area contributed by atoms with Crippen molar-refractivity contribution in [3.05, 3.63) is 66.6 Å². The van der Waals surface area contributed by atoms with Crippen LogP contribution in [-0.4, -0.2) is 25.1 Å². The van der Waals surface area contributed by atoms with Crippen LogP contribution in [0.4, 0.5) is 0 Å². The van der Waals surface area contributed by atoms with Crippen molar-refractivity contribution in [3.8, 4) is 5.75 Å². The molecule has 2 aromatic carbocycles. The molecule has 0 fully saturated rings. The lowest BCUT2D eigenvalue weighted by molar-refractivity contribution is -0.150. The second-order valence-electron chi connectivity index (χ2n) is 5.76. The Kier molecular flexibility index (Phi) is 5.53. The first-order valence-corrected chi connectivity index (χ1v) is 8.22. The number of carbonyl (C=O) groups is 2. The van der Waals surface area contributed by atoms with Crippen molar-refractivity contribution in [2.75, 3.05) is 13.2 Å². The number of rotatable bonds is 7. The molecule has 6 nitrogen and oxygen atoms in total. The highest BCUT2D eigenvalue weighted by Crippen LogP contribution is 2.20. The topological polar surface area (TPSA) is 77.8 Å². The third kappa shape index (κ3) is 4.63. The monoisotopic (exact) mass is 353 g/mol. The molecule has 1 N–H and O–H groups in total. The van der Waals surface area contributed by atoms with Crippen LogP contribution in [0.2, 0.25) is 0 Å². The largest absolute Gasteiger partial charge is 0.482 e. The maximum atomic E-state index is 11.8. The van der Waals surface area contributed by atoms with Gasteiger partial charge < -0.3 is 19.2 Å². The van der Waals surface area contributed by atoms with E-state index in [1.807, 2.05) is 36.4 Å². The van der Waals surface area contributed by atoms with Gasteiger partial charge in [-0.1, -0.05) is 30.3 Å². The summed E-state index contributed by atoms with van der Waals surface area (Å²) in [6.45, 7) is 1.14. The van der Waals surface area contributed by atoms with Gasteiger partial charge in [0.15, 0.2) is 13.2 Å². The van der Waals surface area contributed by atoms with Crippen molar-refractivity contribution in [3.63, 3.8) is 0 Å². The number of benzene rings is 2. The van der Waals surface area contributed by atoms with Gasteiger partial charge in [-0.2, -0.15) is 0 Å². The molecule has 0 bridgehead atoms. The summed E-state index contributed by atoms with van der Waals surface area (Å²) < 4.78 is 15.5. The fourth-order valence-electron chi connectivity index (χ4n) is 2.48. The first-order chi connectivity index (χ1) is 12.6. The molecule has 3 rings (SSSR count). The van der Waals surface area contributed by atoms with E-state index in [0.29, 0.717) is 11.5 Å². The van der Waals surface area contributed by atoms with E-state index in [4.69, 9.17) is 13.9 Å². The highest BCUT2D eigenvalue weighted by Gasteiger charge is 2.14. The number of ether oxygens (including phenoxy) is 2. The van der Waals surface area contributed by atoms with Crippen LogP contribution in [0.15, 0.2) is 65.3 Å². The third-order valence-electron chi connectivity index (χ3n) is 3.79. The molecule has 0 saturated carbocycles. The Balaban J connectivity index is 1.42. The maximum absolute atomic E-state index is 11.8. The van der Waals surface area contributed by atoms with Gasteiger partial charge in [-0.05, 0) is 42.0 Å². The predicted octanol–water partition coefficient (Wildman–Crippen LogP) is 3.23. The Morgan fingerprint density at radius 3 is 2.62 bits per heavy atom. The minimum atomic E-state index is -0.612. The van der Waals surface area contributed by atoms with Crippen LogP contribution < -0.4 is 10.1 Å². The van der Waals surface area contributed by atoms with Crippen molar-refractivity contribution in [1.29, 1.82) is 0 Å². The first kappa shape index (κ1) is 17.5. The number of hydrogen-bond donors (Lipinski definition) is 1. The molecule has 3 aromatic rings. The summed E-state index contributed by atoms with van der Waals surface area (Å²) in [7, 11) is 0. The van der Waals surface area contributed by atoms with Gasteiger partial charge >= 0.3 is 5.97 Å². The van der Waals surface area contributed by atoms with Crippen LogP contribution in [0.5, 0.6) is 5.75 Å². The van der Waals surface area contributed by atoms with Crippen molar-refractivity contribution in [2.45, 2.75) is 13.0 Å². The van der Waals surface area contributed by atoms with Crippen LogP contribution in [0.1, 0.15) is 18.7 Å². The molecule has 1 amide bonds. The normalized spacial score (nSPS) is 11.7. The molecule has 0 unspecified atom stereocenters. The lowest BCUT2D eigenvalue weighted by Crippen LogP contribution is -2.31. The Morgan fingerprint density at radius 1 is 1.04 bits per heavy atom. The van der Waals surface area contributed by atoms with E-state index in [9.17, 15) is 9.59 Å². The summed E-state index contributed by atoms with van der Waals surface area (Å²) >= 11 is 0. The molecule has 0 saturated heterocycles. The van der Waals surface area contributed by atoms with Crippen LogP contribution in [0, 0.1) is 0 Å². The zero-order chi connectivity index (χ0) is 18.4. The molecule has 0 spiro atoms. The standard InChI is InChI=1S/C20H19NO5/c1-14(18-7-4-10-24-18)21-19(22)12-26-20(23)13-25-17-9-8-15-5-2-3-6-16(15)11-17/h2-11,14H,12-13H2,1H3,(H,21,22)/t14-/m0/s1. The van der Waals surface area contributed by atoms with E-state index < -0.39 is 11.9 Å². The Hall–Kier alpha value is -3.28. The van der Waals surface area contributed by atoms with Gasteiger partial charge in [-0.3, -0.25) is 4.79 Å². The average Bonchev–Trinajstić information content (AvgIpc) is 3.19. The van der Waals surface area contributed by atoms with Crippen LogP contribution in [-0.2, 0) is 14.3 Å². The Bertz CT molecular complexity index is 888. The van der Waals surface area contributed by atoms with E-state index in [1.165, 1.54) is 6.26 Å². The number of amides is 1. The van der Waals surface area contributed by atoms with E-state index >= 15 is 0 Å². The SMILES string of the molecule is C[C@H](NC(=O)COC(=O)COc1ccc2ccccc2c1)c1ccco1. The van der Waals surface area contributed by atoms with Crippen molar-refractivity contribution in [2.24, 2.45) is 0 Å². The summed E-state index contributed by atoms with van der Waals surface area (Å²) in [5, 5.41) is 4.79. The van der Waals surface area contributed by atoms with Crippen molar-refractivity contribution in [1.82, 2.24) is 5.32 Å². The second kappa shape index (κ2) is 8.20. The molecule has 6 heteroatoms. The summed E-state index contributed by atoms with van der Waals surface area (Å²) in [5.74, 6) is 0.174. The number of fused-ring (bicyclic) bond motifs is 1. The molecule has 1 aromatic heterocycles. The number of carbonyl (C=O) groups excluding carboxylic acids is 2. The maximum Gasteiger partial charge on any atom is 0.344 e. The Morgan fingerprint density at radius 2 is 1.85 bits per heavy atom. The number of esters is 1. The number of hydrogen-bond acceptors (Lipinski definition) is 5. The fourth-order valence-corrected chi connectivity index (χ4v) is 2.48. The molecule has 0 aliphatic carbocycles. The van der Waals surface area contributed by atoms with E-state index in [0.717, 1.165) is 10.8 Å². The second-order valence-corrected chi connectivity index (χ2v) is 5.76. The van der Waals surface area contributed by atoms with Gasteiger partial charge in [-0.25, -0.2) is 4.79 Å². The van der Waals surface area contributed by atoms with Gasteiger partial charge in [-0.15, -0.1) is 0 Å². The van der Waals surface area contributed by atoms with Crippen molar-refractivity contribution < 1.29 is 23.5 Å². The number of nitrogens with one attached hydrogen (secondary N) is 1. The van der Waals surface area contributed by atoms with Crippen LogP contribution >= 0.6 is 0 Å². The summed E-state index contributed by atoms with van der Waals surface area (Å²) in [5.41, 5.74) is 0. The van der Waals surface area contributed by atoms with Gasteiger partial charge in [0.25, 0.3) is 5.91 Å². The molecule has 1 heterocycles. The lowest BCUT2D eigenvalue weighted by Gasteiger charge is -2.12. The zero-order valence-electron chi connectivity index (χ0n) is 14.3. The van der Waals surface area contributed by atoms with Crippen LogP contribution in [0.25, 0.3) is 10.8 Å². The first-order valence-electron chi connectivity index (χ1n) is 8.22. The van der Waals surface area contributed by atoms with Gasteiger partial charge in [0.2, 0.25) is 0 Å². The highest BCUT2D eigenvalue weighted by atomic mass is 16.6. The molecule has 1 atom stereocenters. The minimum Gasteiger partial charge on any atom is -0.482 e. The summed E-state index contributed by atoms with van der Waals surface area (Å²) in [4.78, 5) is 23.6. The molecule has 0 radical (unpaired) electrons. The van der Waals surface area contributed by atoms with Gasteiger partial charge in [0.1, 0.15) is 11.5 Å². The highest BCUT2D eigenvalue weighted by molar-refractivity contribution is 5.84. The predicted molar refractivity (Wildman–Crippen MR) is 95.7 cm³/mol. The minimum absolute atomic E-state index is 0.265. The fraction of sp³-hybridized carbons (Fsp3) is 0.200. The third-order valence-corrected chi connectivity index (χ3v) is 3.79. The zero-order valence-corrected chi connectivity index (χ0v) is 14.3. The smallest absolute Gasteiger partial charge is 0.344 e. The molecule has 0 aliphatic rings. The van der Waals surface area contributed by atoms with E-state index in [2.05, 4.69) is 5.32 Å². The number of furan rings is 1. The van der Waals surface area contributed by atoms with Gasteiger partial charge in [0, 0.05) is 0 Å². The summed E-state index contributed by atoms with van der Waals surface area (Å²) in [6, 6.07) is 16.6. The molecular formula is C20H19NO5. The quantitative estimate of drug-likeness (QED) is 0.660. The molecule has 134 valence electrons. The van der Waals surface area contributed by atoms with Crippen LogP contribution in [0.3, 0.4) is 0 Å². The Labute approximate surface area is 150 Å². The van der Waals surface area contributed by atoms with Gasteiger partial charge in [0.05, 0.1) is 12.3 Å². The van der Waals surface area contributed by atoms with Crippen molar-refractivity contribution >= 4 is 22.6 Å². The molecule has 26 heavy (non-hydrogen) atoms. The molecule has 0 aliphatic heterocycles. The summed E-state index contributed by atoms with van der Waals surface area (Å²) in [6.07, 6.45) is 1.53. The molecular weight excluding hydrogens is 334 g/mol. The van der Waals surface area contributed by atoms with E-state index in [1.54, 1.807) is 25.1 Å².